The Morgan fingerprint density at radius 2 is 1.71 bits per heavy atom. The summed E-state index contributed by atoms with van der Waals surface area (Å²) >= 11 is 0. The lowest BCUT2D eigenvalue weighted by Gasteiger charge is -2.11. The predicted molar refractivity (Wildman–Crippen MR) is 103 cm³/mol. The molecule has 0 radical (unpaired) electrons. The average molecular weight is 356 g/mol. The molecule has 2 atom stereocenters. The van der Waals surface area contributed by atoms with Crippen LogP contribution in [0.15, 0.2) is 24.3 Å². The summed E-state index contributed by atoms with van der Waals surface area (Å²) in [6.45, 7) is 3.98. The summed E-state index contributed by atoms with van der Waals surface area (Å²) in [5, 5.41) is 12.4. The molecule has 0 bridgehead atoms. The van der Waals surface area contributed by atoms with Crippen LogP contribution in [0, 0.1) is 0 Å². The molecule has 0 unspecified atom stereocenters. The fourth-order valence-corrected chi connectivity index (χ4v) is 3.17. The Morgan fingerprint density at radius 3 is 2.38 bits per heavy atom. The molecule has 0 amide bonds. The van der Waals surface area contributed by atoms with E-state index in [2.05, 4.69) is 36.5 Å². The molecule has 3 nitrogen and oxygen atoms in total. The Hall–Kier alpha value is -0.610. The molecule has 138 valence electrons. The molecule has 2 N–H and O–H groups in total. The molecule has 1 heterocycles. The van der Waals surface area contributed by atoms with Gasteiger partial charge in [-0.1, -0.05) is 63.3 Å². The minimum atomic E-state index is 0. The van der Waals surface area contributed by atoms with Gasteiger partial charge in [0, 0.05) is 12.6 Å². The number of hydrogen-bond donors (Lipinski definition) is 2. The molecule has 0 aliphatic carbocycles. The lowest BCUT2D eigenvalue weighted by atomic mass is 10.0. The number of benzene rings is 1. The van der Waals surface area contributed by atoms with E-state index in [1.807, 2.05) is 0 Å². The third-order valence-corrected chi connectivity index (χ3v) is 4.73. The molecule has 0 spiro atoms. The van der Waals surface area contributed by atoms with E-state index in [-0.39, 0.29) is 31.2 Å². The zero-order chi connectivity index (χ0) is 16.3. The van der Waals surface area contributed by atoms with Crippen LogP contribution in [-0.2, 0) is 17.8 Å². The molecule has 1 aliphatic rings. The summed E-state index contributed by atoms with van der Waals surface area (Å²) < 4.78 is 5.92. The summed E-state index contributed by atoms with van der Waals surface area (Å²) in [6, 6.07) is 9.08. The minimum Gasteiger partial charge on any atom is -0.395 e. The molecule has 2 rings (SSSR count). The van der Waals surface area contributed by atoms with E-state index < -0.39 is 0 Å². The van der Waals surface area contributed by atoms with Gasteiger partial charge in [-0.2, -0.15) is 0 Å². The maximum Gasteiger partial charge on any atom is 0.0721 e. The molecule has 1 fully saturated rings. The summed E-state index contributed by atoms with van der Waals surface area (Å²) in [7, 11) is 0. The molecule has 1 aliphatic heterocycles. The first-order valence-corrected chi connectivity index (χ1v) is 9.35. The molecule has 1 saturated heterocycles. The van der Waals surface area contributed by atoms with Crippen molar-refractivity contribution in [2.75, 3.05) is 13.2 Å². The second kappa shape index (κ2) is 12.7. The maximum atomic E-state index is 9.11. The van der Waals surface area contributed by atoms with Gasteiger partial charge in [-0.25, -0.2) is 0 Å². The fraction of sp³-hybridized carbons (Fsp3) is 0.700. The summed E-state index contributed by atoms with van der Waals surface area (Å²) in [5.74, 6) is 0. The molecule has 0 aromatic heterocycles. The maximum absolute atomic E-state index is 9.11. The standard InChI is InChI=1S/C20H33NO2.ClH/c1-2-3-4-5-6-7-8-17-9-11-18(12-10-17)16-23-20-13-19(15-22)21-14-20;/h9-12,19-22H,2-8,13-16H2,1H3;1H/t19-,20+;/m1./s1. The van der Waals surface area contributed by atoms with Crippen molar-refractivity contribution in [1.82, 2.24) is 5.32 Å². The summed E-state index contributed by atoms with van der Waals surface area (Å²) in [5.41, 5.74) is 2.68. The van der Waals surface area contributed by atoms with E-state index in [9.17, 15) is 0 Å². The van der Waals surface area contributed by atoms with Gasteiger partial charge in [0.2, 0.25) is 0 Å². The molecule has 4 heteroatoms. The highest BCUT2D eigenvalue weighted by atomic mass is 35.5. The highest BCUT2D eigenvalue weighted by molar-refractivity contribution is 5.85. The van der Waals surface area contributed by atoms with Crippen molar-refractivity contribution >= 4 is 12.4 Å². The van der Waals surface area contributed by atoms with E-state index in [1.165, 1.54) is 56.1 Å². The monoisotopic (exact) mass is 355 g/mol. The minimum absolute atomic E-state index is 0. The number of unbranched alkanes of at least 4 members (excludes halogenated alkanes) is 5. The van der Waals surface area contributed by atoms with Gasteiger partial charge in [0.15, 0.2) is 0 Å². The van der Waals surface area contributed by atoms with Crippen LogP contribution in [-0.4, -0.2) is 30.4 Å². The number of rotatable bonds is 11. The second-order valence-electron chi connectivity index (χ2n) is 6.79. The highest BCUT2D eigenvalue weighted by Crippen LogP contribution is 2.15. The highest BCUT2D eigenvalue weighted by Gasteiger charge is 2.23. The first-order valence-electron chi connectivity index (χ1n) is 9.35. The van der Waals surface area contributed by atoms with E-state index in [4.69, 9.17) is 9.84 Å². The van der Waals surface area contributed by atoms with Gasteiger partial charge in [0.1, 0.15) is 0 Å². The SMILES string of the molecule is CCCCCCCCc1ccc(CO[C@@H]2CN[C@@H](CO)C2)cc1.Cl. The third kappa shape index (κ3) is 7.98. The van der Waals surface area contributed by atoms with Crippen LogP contribution in [0.2, 0.25) is 0 Å². The Balaban J connectivity index is 0.00000288. The van der Waals surface area contributed by atoms with Gasteiger partial charge in [0.25, 0.3) is 0 Å². The van der Waals surface area contributed by atoms with Crippen molar-refractivity contribution in [2.24, 2.45) is 0 Å². The van der Waals surface area contributed by atoms with Crippen LogP contribution in [0.3, 0.4) is 0 Å². The number of aryl methyl sites for hydroxylation is 1. The lowest BCUT2D eigenvalue weighted by Crippen LogP contribution is -2.24. The number of nitrogens with one attached hydrogen (secondary N) is 1. The van der Waals surface area contributed by atoms with E-state index in [1.54, 1.807) is 0 Å². The van der Waals surface area contributed by atoms with E-state index in [0.29, 0.717) is 6.61 Å². The Bertz CT molecular complexity index is 424. The van der Waals surface area contributed by atoms with Crippen LogP contribution in [0.5, 0.6) is 0 Å². The van der Waals surface area contributed by atoms with Crippen LogP contribution in [0.1, 0.15) is 63.0 Å². The number of halogens is 1. The number of aliphatic hydroxyl groups is 1. The molecule has 1 aromatic rings. The van der Waals surface area contributed by atoms with Crippen LogP contribution in [0.25, 0.3) is 0 Å². The zero-order valence-corrected chi connectivity index (χ0v) is 15.8. The van der Waals surface area contributed by atoms with Gasteiger partial charge in [0.05, 0.1) is 19.3 Å². The first kappa shape index (κ1) is 21.4. The molecule has 0 saturated carbocycles. The smallest absolute Gasteiger partial charge is 0.0721 e. The van der Waals surface area contributed by atoms with Gasteiger partial charge in [-0.15, -0.1) is 12.4 Å². The van der Waals surface area contributed by atoms with Crippen molar-refractivity contribution in [1.29, 1.82) is 0 Å². The van der Waals surface area contributed by atoms with E-state index in [0.717, 1.165) is 13.0 Å². The number of hydrogen-bond acceptors (Lipinski definition) is 3. The van der Waals surface area contributed by atoms with Crippen LogP contribution < -0.4 is 5.32 Å². The number of aliphatic hydroxyl groups excluding tert-OH is 1. The van der Waals surface area contributed by atoms with Crippen molar-refractivity contribution in [2.45, 2.75) is 77.0 Å². The normalized spacial score (nSPS) is 20.1. The topological polar surface area (TPSA) is 41.5 Å². The number of ether oxygens (including phenoxy) is 1. The summed E-state index contributed by atoms with van der Waals surface area (Å²) in [4.78, 5) is 0. The van der Waals surface area contributed by atoms with Crippen molar-refractivity contribution in [3.05, 3.63) is 35.4 Å². The quantitative estimate of drug-likeness (QED) is 0.583. The average Bonchev–Trinajstić information content (AvgIpc) is 3.05. The molecular formula is C20H34ClNO2. The predicted octanol–water partition coefficient (Wildman–Crippen LogP) is 4.25. The van der Waals surface area contributed by atoms with Gasteiger partial charge < -0.3 is 15.2 Å². The second-order valence-corrected chi connectivity index (χ2v) is 6.79. The zero-order valence-electron chi connectivity index (χ0n) is 15.0. The van der Waals surface area contributed by atoms with Gasteiger partial charge in [-0.05, 0) is 30.4 Å². The van der Waals surface area contributed by atoms with Crippen molar-refractivity contribution < 1.29 is 9.84 Å². The fourth-order valence-electron chi connectivity index (χ4n) is 3.17. The largest absolute Gasteiger partial charge is 0.395 e. The molecular weight excluding hydrogens is 322 g/mol. The van der Waals surface area contributed by atoms with Crippen molar-refractivity contribution in [3.8, 4) is 0 Å². The first-order chi connectivity index (χ1) is 11.3. The molecule has 1 aromatic carbocycles. The van der Waals surface area contributed by atoms with Crippen LogP contribution in [0.4, 0.5) is 0 Å². The Labute approximate surface area is 153 Å². The lowest BCUT2D eigenvalue weighted by molar-refractivity contribution is 0.0512. The molecule has 24 heavy (non-hydrogen) atoms. The van der Waals surface area contributed by atoms with E-state index >= 15 is 0 Å². The summed E-state index contributed by atoms with van der Waals surface area (Å²) in [6.07, 6.45) is 10.5. The van der Waals surface area contributed by atoms with Crippen molar-refractivity contribution in [3.63, 3.8) is 0 Å². The van der Waals surface area contributed by atoms with Gasteiger partial charge >= 0.3 is 0 Å². The van der Waals surface area contributed by atoms with Crippen LogP contribution >= 0.6 is 12.4 Å². The van der Waals surface area contributed by atoms with Gasteiger partial charge in [-0.3, -0.25) is 0 Å². The third-order valence-electron chi connectivity index (χ3n) is 4.73. The Morgan fingerprint density at radius 1 is 1.04 bits per heavy atom. The Kier molecular flexibility index (Phi) is 11.4.